The summed E-state index contributed by atoms with van der Waals surface area (Å²) in [6.45, 7) is 6.29. The fourth-order valence-electron chi connectivity index (χ4n) is 6.64. The third-order valence-corrected chi connectivity index (χ3v) is 9.38. The first kappa shape index (κ1) is 41.1. The van der Waals surface area contributed by atoms with Crippen LogP contribution in [0.4, 0.5) is 0 Å². The van der Waals surface area contributed by atoms with Gasteiger partial charge in [0, 0.05) is 51.5 Å². The summed E-state index contributed by atoms with van der Waals surface area (Å²) in [5.41, 5.74) is -0.364. The molecule has 1 aromatic carbocycles. The molecular weight excluding hydrogens is 682 g/mol. The summed E-state index contributed by atoms with van der Waals surface area (Å²) in [5, 5.41) is 51.6. The van der Waals surface area contributed by atoms with Gasteiger partial charge in [-0.05, 0) is 49.9 Å². The molecule has 7 N–H and O–H groups in total. The van der Waals surface area contributed by atoms with Gasteiger partial charge in [0.15, 0.2) is 5.60 Å². The van der Waals surface area contributed by atoms with E-state index in [1.54, 1.807) is 32.1 Å². The van der Waals surface area contributed by atoms with Crippen molar-refractivity contribution in [2.24, 2.45) is 5.92 Å². The number of aryl methyl sites for hydroxylation is 2. The van der Waals surface area contributed by atoms with E-state index in [-0.39, 0.29) is 43.6 Å². The first-order chi connectivity index (χ1) is 24.8. The largest absolute Gasteiger partial charge is 0.493 e. The lowest BCUT2D eigenvalue weighted by Crippen LogP contribution is -2.67. The molecule has 52 heavy (non-hydrogen) atoms. The normalized spacial score (nSPS) is 32.2. The van der Waals surface area contributed by atoms with Crippen LogP contribution in [-0.2, 0) is 33.3 Å². The third-order valence-electron chi connectivity index (χ3n) is 9.38. The minimum atomic E-state index is -2.04. The highest BCUT2D eigenvalue weighted by Crippen LogP contribution is 2.35. The van der Waals surface area contributed by atoms with E-state index in [0.29, 0.717) is 49.7 Å². The predicted molar refractivity (Wildman–Crippen MR) is 185 cm³/mol. The predicted octanol–water partition coefficient (Wildman–Crippen LogP) is -0.0937. The van der Waals surface area contributed by atoms with Crippen LogP contribution in [0.2, 0.25) is 0 Å². The topological polar surface area (TPSA) is 231 Å². The smallest absolute Gasteiger partial charge is 0.336 e. The molecule has 3 amide bonds. The lowest BCUT2D eigenvalue weighted by molar-refractivity contribution is -0.226. The van der Waals surface area contributed by atoms with Gasteiger partial charge < -0.3 is 60.1 Å². The van der Waals surface area contributed by atoms with Crippen molar-refractivity contribution in [2.75, 3.05) is 52.8 Å². The maximum atomic E-state index is 13.1. The van der Waals surface area contributed by atoms with E-state index >= 15 is 0 Å². The number of rotatable bonds is 4. The van der Waals surface area contributed by atoms with Gasteiger partial charge in [-0.25, -0.2) is 4.79 Å². The molecule has 0 saturated carbocycles. The number of carboxylic acids is 1. The zero-order valence-electron chi connectivity index (χ0n) is 30.0. The number of benzene rings is 1. The number of aliphatic carboxylic acids is 1. The van der Waals surface area contributed by atoms with Crippen molar-refractivity contribution in [1.82, 2.24) is 16.0 Å². The summed E-state index contributed by atoms with van der Waals surface area (Å²) in [7, 11) is 0. The number of carbonyl (C=O) groups is 4. The molecule has 0 aromatic heterocycles. The number of carbonyl (C=O) groups excluding carboxylic acids is 3. The molecule has 8 atom stereocenters. The van der Waals surface area contributed by atoms with Crippen molar-refractivity contribution in [3.63, 3.8) is 0 Å². The van der Waals surface area contributed by atoms with E-state index in [2.05, 4.69) is 16.0 Å². The molecule has 1 aromatic rings. The van der Waals surface area contributed by atoms with Crippen molar-refractivity contribution in [2.45, 2.75) is 95.0 Å². The zero-order valence-corrected chi connectivity index (χ0v) is 30.0. The fourth-order valence-corrected chi connectivity index (χ4v) is 6.64. The van der Waals surface area contributed by atoms with Gasteiger partial charge in [-0.15, -0.1) is 0 Å². The highest BCUT2D eigenvalue weighted by molar-refractivity contribution is 5.95. The van der Waals surface area contributed by atoms with E-state index in [4.69, 9.17) is 23.7 Å². The second-order valence-corrected chi connectivity index (χ2v) is 13.7. The Kier molecular flexibility index (Phi) is 15.4. The standard InChI is InChI=1S/C36H53N3O13/c1-21-14-25-15-22(2)31(21)51-13-7-12-50-20-26(39-34(45)24-8-6-11-48-18-24)19-49-10-5-4-9-36(35(46)47)16-27(41)29(38-23(3)40)32(52-36)30(43)28(42)17-37-33(25)44/h4-5,14-15,24,26-30,32,41-43H,6-13,16-20H2,1-3H3,(H,37,44)(H,38,40)(H,39,45)(H,46,47)/b5-4+/t24?,26-,27+,28-,29-,30-,32-,36-/m1/s1. The number of ether oxygens (including phenoxy) is 5. The van der Waals surface area contributed by atoms with Crippen molar-refractivity contribution >= 4 is 23.7 Å². The number of fused-ring (bicyclic) bond motifs is 17. The zero-order chi connectivity index (χ0) is 37.8. The number of amides is 3. The number of hydrogen-bond acceptors (Lipinski definition) is 12. The number of hydrogen-bond donors (Lipinski definition) is 7. The first-order valence-electron chi connectivity index (χ1n) is 17.7. The van der Waals surface area contributed by atoms with Crippen LogP contribution in [0.5, 0.6) is 5.75 Å². The second kappa shape index (κ2) is 19.4. The molecule has 1 unspecified atom stereocenters. The van der Waals surface area contributed by atoms with Crippen LogP contribution >= 0.6 is 0 Å². The maximum absolute atomic E-state index is 13.1. The molecular formula is C36H53N3O13. The fraction of sp³-hybridized carbons (Fsp3) is 0.667. The number of nitrogens with one attached hydrogen (secondary N) is 3. The minimum Gasteiger partial charge on any atom is -0.493 e. The molecule has 2 fully saturated rings. The van der Waals surface area contributed by atoms with Gasteiger partial charge in [-0.2, -0.15) is 0 Å². The van der Waals surface area contributed by atoms with Gasteiger partial charge in [0.05, 0.1) is 63.2 Å². The molecule has 5 rings (SSSR count). The maximum Gasteiger partial charge on any atom is 0.336 e. The Labute approximate surface area is 303 Å². The molecule has 4 aliphatic heterocycles. The van der Waals surface area contributed by atoms with Gasteiger partial charge in [0.2, 0.25) is 11.8 Å². The molecule has 0 aliphatic carbocycles. The molecule has 0 radical (unpaired) electrons. The Morgan fingerprint density at radius 1 is 0.904 bits per heavy atom. The summed E-state index contributed by atoms with van der Waals surface area (Å²) in [6.07, 6.45) is -2.13. The van der Waals surface area contributed by atoms with Crippen molar-refractivity contribution in [3.05, 3.63) is 41.0 Å². The molecule has 290 valence electrons. The highest BCUT2D eigenvalue weighted by Gasteiger charge is 2.54. The summed E-state index contributed by atoms with van der Waals surface area (Å²) in [6, 6.07) is 1.51. The van der Waals surface area contributed by atoms with Gasteiger partial charge in [-0.3, -0.25) is 14.4 Å². The van der Waals surface area contributed by atoms with Crippen LogP contribution in [0.1, 0.15) is 60.5 Å². The summed E-state index contributed by atoms with van der Waals surface area (Å²) in [5.74, 6) is -2.37. The lowest BCUT2D eigenvalue weighted by atomic mass is 9.81. The molecule has 16 nitrogen and oxygen atoms in total. The van der Waals surface area contributed by atoms with E-state index < -0.39 is 72.8 Å². The molecule has 4 heterocycles. The number of aliphatic hydroxyl groups is 3. The number of aliphatic hydroxyl groups excluding tert-OH is 3. The Hall–Kier alpha value is -3.64. The van der Waals surface area contributed by atoms with E-state index in [0.717, 1.165) is 12.8 Å². The molecule has 16 heteroatoms. The van der Waals surface area contributed by atoms with E-state index in [1.165, 1.54) is 13.0 Å². The molecule has 4 bridgehead atoms. The minimum absolute atomic E-state index is 0.0430. The van der Waals surface area contributed by atoms with Crippen molar-refractivity contribution < 1.29 is 63.3 Å². The molecule has 0 spiro atoms. The molecule has 2 saturated heterocycles. The van der Waals surface area contributed by atoms with Crippen LogP contribution in [0.25, 0.3) is 0 Å². The van der Waals surface area contributed by atoms with Crippen molar-refractivity contribution in [3.8, 4) is 5.75 Å². The first-order valence-corrected chi connectivity index (χ1v) is 17.7. The Bertz CT molecular complexity index is 1390. The van der Waals surface area contributed by atoms with Crippen LogP contribution in [-0.4, -0.2) is 139 Å². The molecule has 4 aliphatic rings. The second-order valence-electron chi connectivity index (χ2n) is 13.7. The highest BCUT2D eigenvalue weighted by atomic mass is 16.6. The average molecular weight is 736 g/mol. The SMILES string of the molecule is CC(=O)N[C@H]1[C@H]2O[C@](C(=O)O)(C/C=C/COC[C@@H](NC(=O)C3CCCOC3)COCCCOc3c(C)cc(cc3C)C(=O)NC[C@@H](O)[C@H]2O)C[C@@H]1O. The van der Waals surface area contributed by atoms with Gasteiger partial charge in [-0.1, -0.05) is 12.2 Å². The summed E-state index contributed by atoms with van der Waals surface area (Å²) >= 11 is 0. The van der Waals surface area contributed by atoms with Gasteiger partial charge in [0.1, 0.15) is 18.0 Å². The van der Waals surface area contributed by atoms with Crippen LogP contribution in [0.3, 0.4) is 0 Å². The van der Waals surface area contributed by atoms with Crippen LogP contribution in [0, 0.1) is 19.8 Å². The van der Waals surface area contributed by atoms with E-state index in [9.17, 15) is 39.6 Å². The monoisotopic (exact) mass is 735 g/mol. The Morgan fingerprint density at radius 3 is 2.27 bits per heavy atom. The average Bonchev–Trinajstić information content (AvgIpc) is 3.10. The quantitative estimate of drug-likeness (QED) is 0.201. The number of carboxylic acid groups (broad SMARTS) is 1. The van der Waals surface area contributed by atoms with Crippen molar-refractivity contribution in [1.29, 1.82) is 0 Å². The third kappa shape index (κ3) is 11.2. The van der Waals surface area contributed by atoms with E-state index in [1.807, 2.05) is 0 Å². The lowest BCUT2D eigenvalue weighted by Gasteiger charge is -2.47. The Morgan fingerprint density at radius 2 is 1.60 bits per heavy atom. The van der Waals surface area contributed by atoms with Crippen LogP contribution < -0.4 is 20.7 Å². The van der Waals surface area contributed by atoms with Gasteiger partial charge in [0.25, 0.3) is 5.91 Å². The van der Waals surface area contributed by atoms with Crippen LogP contribution in [0.15, 0.2) is 24.3 Å². The summed E-state index contributed by atoms with van der Waals surface area (Å²) < 4.78 is 29.1. The van der Waals surface area contributed by atoms with Gasteiger partial charge >= 0.3 is 5.97 Å². The Balaban J connectivity index is 1.56. The summed E-state index contributed by atoms with van der Waals surface area (Å²) in [4.78, 5) is 50.7.